The second-order valence-corrected chi connectivity index (χ2v) is 6.01. The number of sulfonamides is 1. The summed E-state index contributed by atoms with van der Waals surface area (Å²) in [6.07, 6.45) is 1.27. The maximum atomic E-state index is 12.3. The number of aromatic nitrogens is 2. The molecule has 0 saturated heterocycles. The Balaban J connectivity index is 2.44. The van der Waals surface area contributed by atoms with Gasteiger partial charge in [-0.3, -0.25) is 14.2 Å². The number of nitrogens with one attached hydrogen (secondary N) is 1. The topological polar surface area (TPSA) is 105 Å². The van der Waals surface area contributed by atoms with Crippen molar-refractivity contribution in [2.45, 2.75) is 11.8 Å². The minimum absolute atomic E-state index is 0.0553. The summed E-state index contributed by atoms with van der Waals surface area (Å²) in [6.45, 7) is 1.36. The number of Topliss-reactive ketones (excluding diaryl/α,β-unsaturated/α-hetero) is 1. The van der Waals surface area contributed by atoms with E-state index in [1.54, 1.807) is 0 Å². The van der Waals surface area contributed by atoms with Crippen LogP contribution in [0.5, 0.6) is 0 Å². The summed E-state index contributed by atoms with van der Waals surface area (Å²) in [5.74, 6) is -0.156. The molecule has 0 bridgehead atoms. The zero-order chi connectivity index (χ0) is 15.6. The molecule has 0 aliphatic rings. The molecule has 0 fully saturated rings. The Kier molecular flexibility index (Phi) is 3.78. The van der Waals surface area contributed by atoms with E-state index in [-0.39, 0.29) is 22.1 Å². The number of ketones is 1. The highest BCUT2D eigenvalue weighted by Crippen LogP contribution is 2.19. The van der Waals surface area contributed by atoms with Crippen molar-refractivity contribution >= 4 is 21.6 Å². The molecule has 0 unspecified atom stereocenters. The van der Waals surface area contributed by atoms with Crippen LogP contribution in [0.15, 0.2) is 35.4 Å². The molecule has 7 nitrogen and oxygen atoms in total. The Morgan fingerprint density at radius 3 is 2.76 bits per heavy atom. The second-order valence-electron chi connectivity index (χ2n) is 4.33. The Labute approximate surface area is 121 Å². The van der Waals surface area contributed by atoms with Gasteiger partial charge in [0.15, 0.2) is 11.6 Å². The van der Waals surface area contributed by atoms with Crippen LogP contribution in [0.4, 0.5) is 5.82 Å². The fourth-order valence-electron chi connectivity index (χ4n) is 1.71. The number of carbonyl (C=O) groups is 1. The van der Waals surface area contributed by atoms with E-state index in [1.807, 2.05) is 6.07 Å². The van der Waals surface area contributed by atoms with Gasteiger partial charge in [-0.1, -0.05) is 12.1 Å². The normalized spacial score (nSPS) is 10.9. The van der Waals surface area contributed by atoms with Crippen molar-refractivity contribution in [3.05, 3.63) is 41.6 Å². The molecule has 2 aromatic rings. The predicted octanol–water partition coefficient (Wildman–Crippen LogP) is 1.30. The van der Waals surface area contributed by atoms with Gasteiger partial charge < -0.3 is 0 Å². The quantitative estimate of drug-likeness (QED) is 0.857. The third kappa shape index (κ3) is 2.93. The predicted molar refractivity (Wildman–Crippen MR) is 75.2 cm³/mol. The van der Waals surface area contributed by atoms with Crippen molar-refractivity contribution in [2.75, 3.05) is 4.72 Å². The van der Waals surface area contributed by atoms with E-state index in [0.29, 0.717) is 5.56 Å². The van der Waals surface area contributed by atoms with Crippen LogP contribution in [-0.2, 0) is 17.1 Å². The van der Waals surface area contributed by atoms with E-state index < -0.39 is 10.0 Å². The lowest BCUT2D eigenvalue weighted by Gasteiger charge is -2.09. The van der Waals surface area contributed by atoms with E-state index in [0.717, 1.165) is 0 Å². The molecule has 0 aliphatic heterocycles. The number of nitrogens with zero attached hydrogens (tertiary/aromatic N) is 3. The van der Waals surface area contributed by atoms with Crippen molar-refractivity contribution in [2.24, 2.45) is 7.05 Å². The fourth-order valence-corrected chi connectivity index (χ4v) is 2.86. The summed E-state index contributed by atoms with van der Waals surface area (Å²) in [4.78, 5) is 11.3. The molecule has 0 atom stereocenters. The largest absolute Gasteiger partial charge is 0.295 e. The number of carbonyl (C=O) groups excluding carboxylic acids is 1. The molecule has 0 aliphatic carbocycles. The molecule has 0 radical (unpaired) electrons. The number of aryl methyl sites for hydroxylation is 1. The van der Waals surface area contributed by atoms with Crippen molar-refractivity contribution in [3.63, 3.8) is 0 Å². The van der Waals surface area contributed by atoms with Crippen LogP contribution in [0.2, 0.25) is 0 Å². The molecule has 0 saturated carbocycles. The van der Waals surface area contributed by atoms with Crippen LogP contribution >= 0.6 is 0 Å². The minimum Gasteiger partial charge on any atom is -0.295 e. The first-order valence-corrected chi connectivity index (χ1v) is 7.39. The van der Waals surface area contributed by atoms with E-state index in [1.165, 1.54) is 49.1 Å². The third-order valence-corrected chi connectivity index (χ3v) is 4.18. The van der Waals surface area contributed by atoms with Crippen molar-refractivity contribution in [1.29, 1.82) is 5.26 Å². The van der Waals surface area contributed by atoms with Gasteiger partial charge in [-0.25, -0.2) is 8.42 Å². The average Bonchev–Trinajstić information content (AvgIpc) is 2.79. The van der Waals surface area contributed by atoms with E-state index >= 15 is 0 Å². The molecule has 1 N–H and O–H groups in total. The zero-order valence-electron chi connectivity index (χ0n) is 11.4. The zero-order valence-corrected chi connectivity index (χ0v) is 12.2. The Bertz CT molecular complexity index is 847. The number of benzene rings is 1. The lowest BCUT2D eigenvalue weighted by molar-refractivity contribution is 0.101. The molecule has 2 rings (SSSR count). The highest BCUT2D eigenvalue weighted by Gasteiger charge is 2.19. The Morgan fingerprint density at radius 2 is 2.14 bits per heavy atom. The molecule has 0 spiro atoms. The smallest absolute Gasteiger partial charge is 0.263 e. The molecule has 8 heteroatoms. The Morgan fingerprint density at radius 1 is 1.43 bits per heavy atom. The maximum absolute atomic E-state index is 12.3. The van der Waals surface area contributed by atoms with Gasteiger partial charge >= 0.3 is 0 Å². The highest BCUT2D eigenvalue weighted by molar-refractivity contribution is 7.92. The maximum Gasteiger partial charge on any atom is 0.263 e. The number of rotatable bonds is 4. The summed E-state index contributed by atoms with van der Waals surface area (Å²) >= 11 is 0. The van der Waals surface area contributed by atoms with Crippen molar-refractivity contribution < 1.29 is 13.2 Å². The summed E-state index contributed by atoms with van der Waals surface area (Å²) in [7, 11) is -2.39. The van der Waals surface area contributed by atoms with Gasteiger partial charge in [0.25, 0.3) is 10.0 Å². The molecular formula is C13H12N4O3S. The first-order valence-electron chi connectivity index (χ1n) is 5.91. The number of anilines is 1. The van der Waals surface area contributed by atoms with Gasteiger partial charge in [0.1, 0.15) is 11.6 Å². The second kappa shape index (κ2) is 5.38. The van der Waals surface area contributed by atoms with Crippen molar-refractivity contribution in [1.82, 2.24) is 9.78 Å². The van der Waals surface area contributed by atoms with Gasteiger partial charge in [-0.2, -0.15) is 10.4 Å². The van der Waals surface area contributed by atoms with Gasteiger partial charge in [0.2, 0.25) is 0 Å². The molecule has 0 amide bonds. The van der Waals surface area contributed by atoms with Gasteiger partial charge in [-0.05, 0) is 19.1 Å². The van der Waals surface area contributed by atoms with Crippen LogP contribution in [0.3, 0.4) is 0 Å². The lowest BCUT2D eigenvalue weighted by atomic mass is 10.2. The van der Waals surface area contributed by atoms with E-state index in [4.69, 9.17) is 5.26 Å². The van der Waals surface area contributed by atoms with Crippen molar-refractivity contribution in [3.8, 4) is 6.07 Å². The first-order chi connectivity index (χ1) is 9.85. The summed E-state index contributed by atoms with van der Waals surface area (Å²) in [5, 5.41) is 12.8. The van der Waals surface area contributed by atoms with E-state index in [9.17, 15) is 13.2 Å². The van der Waals surface area contributed by atoms with Gasteiger partial charge in [-0.15, -0.1) is 0 Å². The molecule has 1 aromatic heterocycles. The summed E-state index contributed by atoms with van der Waals surface area (Å²) in [6, 6.07) is 7.53. The molecule has 1 aromatic carbocycles. The van der Waals surface area contributed by atoms with Gasteiger partial charge in [0, 0.05) is 12.6 Å². The third-order valence-electron chi connectivity index (χ3n) is 2.84. The summed E-state index contributed by atoms with van der Waals surface area (Å²) < 4.78 is 28.2. The van der Waals surface area contributed by atoms with Gasteiger partial charge in [0.05, 0.1) is 11.1 Å². The highest BCUT2D eigenvalue weighted by atomic mass is 32.2. The average molecular weight is 304 g/mol. The molecular weight excluding hydrogens is 292 g/mol. The lowest BCUT2D eigenvalue weighted by Crippen LogP contribution is -2.16. The molecule has 21 heavy (non-hydrogen) atoms. The standard InChI is InChI=1S/C13H12N4O3S/c1-9(18)10-4-3-5-12(6-10)21(19,20)16-13-11(7-14)8-15-17(13)2/h3-6,8,16H,1-2H3. The van der Waals surface area contributed by atoms with E-state index in [2.05, 4.69) is 9.82 Å². The molecule has 1 heterocycles. The minimum atomic E-state index is -3.91. The number of hydrogen-bond donors (Lipinski definition) is 1. The number of nitriles is 1. The molecule has 108 valence electrons. The SMILES string of the molecule is CC(=O)c1cccc(S(=O)(=O)Nc2c(C#N)cnn2C)c1. The number of hydrogen-bond acceptors (Lipinski definition) is 5. The fraction of sp³-hybridized carbons (Fsp3) is 0.154. The van der Waals surface area contributed by atoms with Crippen LogP contribution < -0.4 is 4.72 Å². The van der Waals surface area contributed by atoms with Crippen LogP contribution in [0.1, 0.15) is 22.8 Å². The van der Waals surface area contributed by atoms with Crippen LogP contribution in [0.25, 0.3) is 0 Å². The van der Waals surface area contributed by atoms with Crippen LogP contribution in [-0.4, -0.2) is 24.0 Å². The van der Waals surface area contributed by atoms with Crippen LogP contribution in [0, 0.1) is 11.3 Å². The summed E-state index contributed by atoms with van der Waals surface area (Å²) in [5.41, 5.74) is 0.409. The first kappa shape index (κ1) is 14.7. The monoisotopic (exact) mass is 304 g/mol. The Hall–Kier alpha value is -2.66.